The lowest BCUT2D eigenvalue weighted by atomic mass is 10.1. The van der Waals surface area contributed by atoms with Crippen molar-refractivity contribution in [3.8, 4) is 0 Å². The van der Waals surface area contributed by atoms with Crippen LogP contribution in [0.1, 0.15) is 20.8 Å². The number of rotatable bonds is 4. The molecule has 0 bridgehead atoms. The molecule has 0 saturated heterocycles. The fourth-order valence-electron chi connectivity index (χ4n) is 0.570. The van der Waals surface area contributed by atoms with Crippen LogP contribution in [0.25, 0.3) is 0 Å². The summed E-state index contributed by atoms with van der Waals surface area (Å²) >= 11 is 0. The van der Waals surface area contributed by atoms with Crippen LogP contribution in [-0.4, -0.2) is 31.7 Å². The van der Waals surface area contributed by atoms with Crippen LogP contribution >= 0.6 is 0 Å². The first-order valence-electron chi connectivity index (χ1n) is 3.56. The summed E-state index contributed by atoms with van der Waals surface area (Å²) < 4.78 is 33.8. The van der Waals surface area contributed by atoms with E-state index in [0.29, 0.717) is 6.54 Å². The zero-order valence-electron chi connectivity index (χ0n) is 7.46. The smallest absolute Gasteiger partial charge is 0.217 e. The fraction of sp³-hybridized carbons (Fsp3) is 1.00. The maximum atomic E-state index is 9.95. The molecule has 12 heavy (non-hydrogen) atoms. The van der Waals surface area contributed by atoms with Crippen molar-refractivity contribution in [2.24, 2.45) is 0 Å². The van der Waals surface area contributed by atoms with Crippen molar-refractivity contribution in [3.63, 3.8) is 0 Å². The van der Waals surface area contributed by atoms with Gasteiger partial charge in [0.2, 0.25) is 10.4 Å². The van der Waals surface area contributed by atoms with Crippen LogP contribution in [0, 0.1) is 0 Å². The van der Waals surface area contributed by atoms with Gasteiger partial charge in [0.05, 0.1) is 6.61 Å². The Labute approximate surface area is 73.1 Å². The molecule has 0 aromatic carbocycles. The van der Waals surface area contributed by atoms with Crippen molar-refractivity contribution in [2.75, 3.05) is 13.2 Å². The van der Waals surface area contributed by atoms with Crippen LogP contribution in [0.3, 0.4) is 0 Å². The summed E-state index contributed by atoms with van der Waals surface area (Å²) in [7, 11) is -4.53. The van der Waals surface area contributed by atoms with Crippen LogP contribution in [0.2, 0.25) is 0 Å². The summed E-state index contributed by atoms with van der Waals surface area (Å²) in [6.45, 7) is 6.00. The molecule has 0 radical (unpaired) electrons. The van der Waals surface area contributed by atoms with E-state index in [9.17, 15) is 13.0 Å². The average Bonchev–Trinajstić information content (AvgIpc) is 1.76. The lowest BCUT2D eigenvalue weighted by Gasteiger charge is -2.20. The summed E-state index contributed by atoms with van der Waals surface area (Å²) in [6, 6.07) is 0. The van der Waals surface area contributed by atoms with Crippen molar-refractivity contribution >= 4 is 10.4 Å². The highest BCUT2D eigenvalue weighted by molar-refractivity contribution is 7.80. The maximum absolute atomic E-state index is 9.95. The van der Waals surface area contributed by atoms with Gasteiger partial charge >= 0.3 is 0 Å². The molecule has 0 aliphatic carbocycles. The lowest BCUT2D eigenvalue weighted by molar-refractivity contribution is 0.250. The van der Waals surface area contributed by atoms with Gasteiger partial charge in [0, 0.05) is 12.1 Å². The first kappa shape index (κ1) is 11.8. The standard InChI is InChI=1S/C6H15NO4S/c1-6(2,3)7-4-5-11-12(8,9)10/h7H,4-5H2,1-3H3,(H,8,9,10)/p-1. The third-order valence-corrected chi connectivity index (χ3v) is 1.44. The van der Waals surface area contributed by atoms with E-state index in [4.69, 9.17) is 0 Å². The highest BCUT2D eigenvalue weighted by Gasteiger charge is 2.07. The molecule has 6 heteroatoms. The predicted molar refractivity (Wildman–Crippen MR) is 43.4 cm³/mol. The summed E-state index contributed by atoms with van der Waals surface area (Å²) in [5, 5.41) is 2.97. The molecule has 0 spiro atoms. The van der Waals surface area contributed by atoms with Crippen molar-refractivity contribution in [3.05, 3.63) is 0 Å². The number of hydrogen-bond acceptors (Lipinski definition) is 5. The van der Waals surface area contributed by atoms with E-state index < -0.39 is 10.4 Å². The van der Waals surface area contributed by atoms with Gasteiger partial charge in [-0.05, 0) is 20.8 Å². The van der Waals surface area contributed by atoms with Crippen molar-refractivity contribution in [1.29, 1.82) is 0 Å². The van der Waals surface area contributed by atoms with Gasteiger partial charge in [-0.15, -0.1) is 0 Å². The van der Waals surface area contributed by atoms with Crippen LogP contribution in [0.5, 0.6) is 0 Å². The Bertz CT molecular complexity index is 216. The van der Waals surface area contributed by atoms with Crippen molar-refractivity contribution in [2.45, 2.75) is 26.3 Å². The Morgan fingerprint density at radius 3 is 2.25 bits per heavy atom. The van der Waals surface area contributed by atoms with Gasteiger partial charge in [0.1, 0.15) is 0 Å². The zero-order valence-corrected chi connectivity index (χ0v) is 8.27. The predicted octanol–water partition coefficient (Wildman–Crippen LogP) is -0.149. The van der Waals surface area contributed by atoms with Crippen LogP contribution in [0.4, 0.5) is 0 Å². The summed E-state index contributed by atoms with van der Waals surface area (Å²) in [5.41, 5.74) is -0.101. The Kier molecular flexibility index (Phi) is 4.12. The summed E-state index contributed by atoms with van der Waals surface area (Å²) in [4.78, 5) is 0. The topological polar surface area (TPSA) is 78.5 Å². The minimum absolute atomic E-state index is 0.101. The Morgan fingerprint density at radius 1 is 1.42 bits per heavy atom. The second kappa shape index (κ2) is 4.18. The zero-order chi connectivity index (χ0) is 9.83. The normalized spacial score (nSPS) is 13.3. The second-order valence-corrected chi connectivity index (χ2v) is 4.46. The minimum atomic E-state index is -4.53. The molecule has 0 aliphatic rings. The van der Waals surface area contributed by atoms with E-state index in [-0.39, 0.29) is 12.1 Å². The SMILES string of the molecule is CC(C)(C)NCCOS(=O)(=O)[O-]. The Hall–Kier alpha value is -0.170. The first-order chi connectivity index (χ1) is 5.21. The molecule has 0 atom stereocenters. The molecule has 1 N–H and O–H groups in total. The van der Waals surface area contributed by atoms with Crippen molar-refractivity contribution < 1.29 is 17.2 Å². The highest BCUT2D eigenvalue weighted by atomic mass is 32.3. The quantitative estimate of drug-likeness (QED) is 0.384. The van der Waals surface area contributed by atoms with Crippen LogP contribution in [0.15, 0.2) is 0 Å². The highest BCUT2D eigenvalue weighted by Crippen LogP contribution is 1.97. The monoisotopic (exact) mass is 196 g/mol. The first-order valence-corrected chi connectivity index (χ1v) is 4.89. The Balaban J connectivity index is 3.48. The molecule has 0 heterocycles. The van der Waals surface area contributed by atoms with Gasteiger partial charge in [0.25, 0.3) is 0 Å². The van der Waals surface area contributed by atoms with Crippen molar-refractivity contribution in [1.82, 2.24) is 5.32 Å². The Morgan fingerprint density at radius 2 is 1.92 bits per heavy atom. The molecule has 0 fully saturated rings. The average molecular weight is 196 g/mol. The largest absolute Gasteiger partial charge is 0.726 e. The molecular weight excluding hydrogens is 182 g/mol. The lowest BCUT2D eigenvalue weighted by Crippen LogP contribution is -2.38. The van der Waals surface area contributed by atoms with Gasteiger partial charge in [-0.25, -0.2) is 8.42 Å². The minimum Gasteiger partial charge on any atom is -0.726 e. The second-order valence-electron chi connectivity index (χ2n) is 3.41. The van der Waals surface area contributed by atoms with E-state index in [2.05, 4.69) is 9.50 Å². The van der Waals surface area contributed by atoms with Crippen LogP contribution in [-0.2, 0) is 14.6 Å². The van der Waals surface area contributed by atoms with Gasteiger partial charge in [-0.2, -0.15) is 0 Å². The summed E-state index contributed by atoms with van der Waals surface area (Å²) in [5.74, 6) is 0. The van der Waals surface area contributed by atoms with Gasteiger partial charge < -0.3 is 9.87 Å². The third kappa shape index (κ3) is 9.83. The van der Waals surface area contributed by atoms with Gasteiger partial charge in [-0.3, -0.25) is 4.18 Å². The summed E-state index contributed by atoms with van der Waals surface area (Å²) in [6.07, 6.45) is 0. The number of hydrogen-bond donors (Lipinski definition) is 1. The molecule has 0 amide bonds. The molecule has 74 valence electrons. The van der Waals surface area contributed by atoms with E-state index in [0.717, 1.165) is 0 Å². The molecule has 0 unspecified atom stereocenters. The molecule has 5 nitrogen and oxygen atoms in total. The van der Waals surface area contributed by atoms with Gasteiger partial charge in [-0.1, -0.05) is 0 Å². The fourth-order valence-corrected chi connectivity index (χ4v) is 0.857. The number of nitrogens with one attached hydrogen (secondary N) is 1. The van der Waals surface area contributed by atoms with E-state index in [1.165, 1.54) is 0 Å². The molecule has 0 aromatic rings. The van der Waals surface area contributed by atoms with Gasteiger partial charge in [0.15, 0.2) is 0 Å². The molecule has 0 saturated carbocycles. The van der Waals surface area contributed by atoms with E-state index in [1.54, 1.807) is 0 Å². The van der Waals surface area contributed by atoms with E-state index >= 15 is 0 Å². The third-order valence-electron chi connectivity index (χ3n) is 0.985. The molecule has 0 aliphatic heterocycles. The maximum Gasteiger partial charge on any atom is 0.217 e. The molecule has 0 rings (SSSR count). The molecule has 0 aromatic heterocycles. The van der Waals surface area contributed by atoms with E-state index in [1.807, 2.05) is 20.8 Å². The molecular formula is C6H14NO4S-. The van der Waals surface area contributed by atoms with Crippen LogP contribution < -0.4 is 5.32 Å².